The normalized spacial score (nSPS) is 20.9. The number of nitrogens with zero attached hydrogens (tertiary/aromatic N) is 2. The van der Waals surface area contributed by atoms with Gasteiger partial charge in [-0.05, 0) is 25.9 Å². The summed E-state index contributed by atoms with van der Waals surface area (Å²) in [4.78, 5) is 2.31. The van der Waals surface area contributed by atoms with Gasteiger partial charge in [-0.2, -0.15) is 0 Å². The molecule has 16 heavy (non-hydrogen) atoms. The molecular formula is C11H24N2O2S. The Bertz CT molecular complexity index is 290. The van der Waals surface area contributed by atoms with E-state index in [-0.39, 0.29) is 0 Å². The second-order valence-electron chi connectivity index (χ2n) is 4.36. The molecule has 1 aliphatic heterocycles. The highest BCUT2D eigenvalue weighted by atomic mass is 32.2. The summed E-state index contributed by atoms with van der Waals surface area (Å²) in [5.74, 6) is 0.315. The first-order valence-electron chi connectivity index (χ1n) is 6.30. The predicted octanol–water partition coefficient (Wildman–Crippen LogP) is 1.14. The Morgan fingerprint density at radius 3 is 2.44 bits per heavy atom. The van der Waals surface area contributed by atoms with Crippen molar-refractivity contribution in [3.05, 3.63) is 0 Å². The van der Waals surface area contributed by atoms with Crippen molar-refractivity contribution in [3.8, 4) is 0 Å². The fourth-order valence-electron chi connectivity index (χ4n) is 2.00. The van der Waals surface area contributed by atoms with Crippen molar-refractivity contribution in [2.24, 2.45) is 0 Å². The first-order chi connectivity index (χ1) is 7.60. The van der Waals surface area contributed by atoms with Crippen LogP contribution in [0.15, 0.2) is 0 Å². The van der Waals surface area contributed by atoms with Crippen molar-refractivity contribution in [2.45, 2.75) is 33.1 Å². The molecule has 1 rings (SSSR count). The molecule has 0 N–H and O–H groups in total. The maximum atomic E-state index is 12.0. The summed E-state index contributed by atoms with van der Waals surface area (Å²) in [5, 5.41) is 0. The van der Waals surface area contributed by atoms with Gasteiger partial charge in [-0.1, -0.05) is 20.3 Å². The molecule has 1 fully saturated rings. The van der Waals surface area contributed by atoms with Crippen LogP contribution in [0.25, 0.3) is 0 Å². The van der Waals surface area contributed by atoms with E-state index in [9.17, 15) is 8.42 Å². The van der Waals surface area contributed by atoms with Gasteiger partial charge in [0.05, 0.1) is 5.75 Å². The minimum atomic E-state index is -2.99. The van der Waals surface area contributed by atoms with Gasteiger partial charge in [0.25, 0.3) is 0 Å². The van der Waals surface area contributed by atoms with Crippen molar-refractivity contribution in [3.63, 3.8) is 0 Å². The summed E-state index contributed by atoms with van der Waals surface area (Å²) in [7, 11) is -2.99. The zero-order chi connectivity index (χ0) is 12.0. The van der Waals surface area contributed by atoms with Crippen LogP contribution in [0.2, 0.25) is 0 Å². The summed E-state index contributed by atoms with van der Waals surface area (Å²) in [6.07, 6.45) is 2.67. The number of unbranched alkanes of at least 4 members (excludes halogenated alkanes) is 1. The van der Waals surface area contributed by atoms with Crippen LogP contribution in [0.1, 0.15) is 33.1 Å². The van der Waals surface area contributed by atoms with Crippen LogP contribution in [0, 0.1) is 0 Å². The Kier molecular flexibility index (Phi) is 5.72. The lowest BCUT2D eigenvalue weighted by Gasteiger charge is -2.20. The fourth-order valence-corrected chi connectivity index (χ4v) is 3.68. The molecule has 0 saturated carbocycles. The number of rotatable bonds is 5. The molecule has 0 radical (unpaired) electrons. The molecule has 0 atom stereocenters. The molecule has 0 aromatic heterocycles. The van der Waals surface area contributed by atoms with Crippen LogP contribution in [-0.4, -0.2) is 56.1 Å². The summed E-state index contributed by atoms with van der Waals surface area (Å²) in [6.45, 7) is 8.43. The van der Waals surface area contributed by atoms with E-state index in [1.165, 1.54) is 0 Å². The minimum absolute atomic E-state index is 0.315. The number of hydrogen-bond acceptors (Lipinski definition) is 3. The van der Waals surface area contributed by atoms with Crippen LogP contribution >= 0.6 is 0 Å². The maximum absolute atomic E-state index is 12.0. The molecule has 4 nitrogen and oxygen atoms in total. The topological polar surface area (TPSA) is 40.6 Å². The van der Waals surface area contributed by atoms with E-state index in [0.29, 0.717) is 18.8 Å². The van der Waals surface area contributed by atoms with Crippen molar-refractivity contribution in [2.75, 3.05) is 38.5 Å². The molecule has 0 aliphatic carbocycles. The Morgan fingerprint density at radius 2 is 1.81 bits per heavy atom. The molecule has 1 heterocycles. The van der Waals surface area contributed by atoms with Gasteiger partial charge in [0, 0.05) is 19.6 Å². The van der Waals surface area contributed by atoms with Gasteiger partial charge in [0.15, 0.2) is 0 Å². The zero-order valence-electron chi connectivity index (χ0n) is 10.5. The van der Waals surface area contributed by atoms with Gasteiger partial charge in [0.2, 0.25) is 10.0 Å². The van der Waals surface area contributed by atoms with Crippen LogP contribution < -0.4 is 0 Å². The Hall–Kier alpha value is -0.130. The van der Waals surface area contributed by atoms with Crippen LogP contribution in [0.3, 0.4) is 0 Å². The standard InChI is InChI=1S/C11H24N2O2S/c1-3-5-11-16(14,15)13-8-6-7-12(4-2)9-10-13/h3-11H2,1-2H3. The molecule has 96 valence electrons. The lowest BCUT2D eigenvalue weighted by atomic mass is 10.4. The molecule has 0 amide bonds. The second-order valence-corrected chi connectivity index (χ2v) is 6.44. The van der Waals surface area contributed by atoms with Gasteiger partial charge in [-0.25, -0.2) is 12.7 Å². The molecule has 0 bridgehead atoms. The van der Waals surface area contributed by atoms with E-state index in [1.807, 2.05) is 6.92 Å². The van der Waals surface area contributed by atoms with Gasteiger partial charge in [-0.3, -0.25) is 0 Å². The SMILES string of the molecule is CCCCS(=O)(=O)N1CCCN(CC)CC1. The number of likely N-dealkylation sites (N-methyl/N-ethyl adjacent to an activating group) is 1. The van der Waals surface area contributed by atoms with E-state index in [1.54, 1.807) is 4.31 Å². The molecule has 0 aromatic carbocycles. The Labute approximate surface area is 99.7 Å². The van der Waals surface area contributed by atoms with Crippen LogP contribution in [0.5, 0.6) is 0 Å². The predicted molar refractivity (Wildman–Crippen MR) is 67.0 cm³/mol. The molecular weight excluding hydrogens is 224 g/mol. The third kappa shape index (κ3) is 4.03. The summed E-state index contributed by atoms with van der Waals surface area (Å²) in [5.41, 5.74) is 0. The van der Waals surface area contributed by atoms with Crippen molar-refractivity contribution < 1.29 is 8.42 Å². The first kappa shape index (κ1) is 13.9. The lowest BCUT2D eigenvalue weighted by molar-refractivity contribution is 0.302. The van der Waals surface area contributed by atoms with Crippen molar-refractivity contribution in [1.82, 2.24) is 9.21 Å². The fraction of sp³-hybridized carbons (Fsp3) is 1.00. The highest BCUT2D eigenvalue weighted by Gasteiger charge is 2.23. The third-order valence-corrected chi connectivity index (χ3v) is 5.10. The van der Waals surface area contributed by atoms with E-state index in [0.717, 1.165) is 38.9 Å². The van der Waals surface area contributed by atoms with Gasteiger partial charge in [0.1, 0.15) is 0 Å². The van der Waals surface area contributed by atoms with E-state index in [4.69, 9.17) is 0 Å². The molecule has 0 aromatic rings. The molecule has 0 unspecified atom stereocenters. The minimum Gasteiger partial charge on any atom is -0.302 e. The maximum Gasteiger partial charge on any atom is 0.214 e. The van der Waals surface area contributed by atoms with E-state index in [2.05, 4.69) is 11.8 Å². The van der Waals surface area contributed by atoms with Crippen LogP contribution in [0.4, 0.5) is 0 Å². The zero-order valence-corrected chi connectivity index (χ0v) is 11.3. The first-order valence-corrected chi connectivity index (χ1v) is 7.91. The molecule has 1 saturated heterocycles. The van der Waals surface area contributed by atoms with E-state index < -0.39 is 10.0 Å². The average molecular weight is 248 g/mol. The van der Waals surface area contributed by atoms with E-state index >= 15 is 0 Å². The monoisotopic (exact) mass is 248 g/mol. The number of sulfonamides is 1. The van der Waals surface area contributed by atoms with Crippen molar-refractivity contribution >= 4 is 10.0 Å². The van der Waals surface area contributed by atoms with Crippen LogP contribution in [-0.2, 0) is 10.0 Å². The smallest absolute Gasteiger partial charge is 0.214 e. The van der Waals surface area contributed by atoms with Crippen molar-refractivity contribution in [1.29, 1.82) is 0 Å². The average Bonchev–Trinajstić information content (AvgIpc) is 2.51. The molecule has 1 aliphatic rings. The molecule has 0 spiro atoms. The summed E-state index contributed by atoms with van der Waals surface area (Å²) >= 11 is 0. The Balaban J connectivity index is 2.53. The highest BCUT2D eigenvalue weighted by Crippen LogP contribution is 2.10. The second kappa shape index (κ2) is 6.57. The highest BCUT2D eigenvalue weighted by molar-refractivity contribution is 7.89. The van der Waals surface area contributed by atoms with Gasteiger partial charge in [-0.15, -0.1) is 0 Å². The summed E-state index contributed by atoms with van der Waals surface area (Å²) in [6, 6.07) is 0. The quantitative estimate of drug-likeness (QED) is 0.732. The lowest BCUT2D eigenvalue weighted by Crippen LogP contribution is -2.36. The third-order valence-electron chi connectivity index (χ3n) is 3.14. The Morgan fingerprint density at radius 1 is 1.06 bits per heavy atom. The van der Waals surface area contributed by atoms with Gasteiger partial charge >= 0.3 is 0 Å². The summed E-state index contributed by atoms with van der Waals surface area (Å²) < 4.78 is 25.7. The van der Waals surface area contributed by atoms with Gasteiger partial charge < -0.3 is 4.90 Å². The molecule has 5 heteroatoms. The number of hydrogen-bond donors (Lipinski definition) is 0. The largest absolute Gasteiger partial charge is 0.302 e.